The molecular formula is C17H13BrClN. The Bertz CT molecular complexity index is 797. The molecule has 0 saturated heterocycles. The van der Waals surface area contributed by atoms with Crippen LogP contribution >= 0.6 is 27.5 Å². The highest BCUT2D eigenvalue weighted by Crippen LogP contribution is 2.36. The molecule has 0 bridgehead atoms. The second-order valence-corrected chi connectivity index (χ2v) is 6.14. The molecule has 0 radical (unpaired) electrons. The van der Waals surface area contributed by atoms with E-state index in [1.54, 1.807) is 0 Å². The van der Waals surface area contributed by atoms with Crippen molar-refractivity contribution in [3.63, 3.8) is 0 Å². The fourth-order valence-corrected chi connectivity index (χ4v) is 3.29. The summed E-state index contributed by atoms with van der Waals surface area (Å²) in [4.78, 5) is 4.82. The van der Waals surface area contributed by atoms with Gasteiger partial charge in [-0.25, -0.2) is 4.98 Å². The van der Waals surface area contributed by atoms with Gasteiger partial charge in [-0.05, 0) is 53.0 Å². The largest absolute Gasteiger partial charge is 0.246 e. The van der Waals surface area contributed by atoms with E-state index in [1.165, 1.54) is 5.56 Å². The summed E-state index contributed by atoms with van der Waals surface area (Å²) in [5, 5.41) is 1.77. The van der Waals surface area contributed by atoms with E-state index < -0.39 is 0 Å². The molecule has 2 aromatic carbocycles. The van der Waals surface area contributed by atoms with Crippen LogP contribution in [0.3, 0.4) is 0 Å². The van der Waals surface area contributed by atoms with Crippen molar-refractivity contribution in [1.29, 1.82) is 0 Å². The number of fused-ring (bicyclic) bond motifs is 1. The van der Waals surface area contributed by atoms with Gasteiger partial charge in [-0.15, -0.1) is 0 Å². The zero-order valence-electron chi connectivity index (χ0n) is 11.2. The maximum atomic E-state index is 6.56. The smallest absolute Gasteiger partial charge is 0.0866 e. The standard InChI is InChI=1S/C17H13BrClN/c1-10-8-13-15(19)11(2)16(12-6-4-3-5-7-12)20-17(13)14(18)9-10/h3-9H,1-2H3. The van der Waals surface area contributed by atoms with Crippen LogP contribution in [0, 0.1) is 13.8 Å². The molecule has 3 heteroatoms. The van der Waals surface area contributed by atoms with E-state index in [0.717, 1.165) is 37.2 Å². The van der Waals surface area contributed by atoms with Crippen molar-refractivity contribution < 1.29 is 0 Å². The molecule has 0 amide bonds. The predicted octanol–water partition coefficient (Wildman–Crippen LogP) is 5.93. The zero-order valence-corrected chi connectivity index (χ0v) is 13.6. The number of benzene rings is 2. The third kappa shape index (κ3) is 2.23. The molecule has 0 fully saturated rings. The Hall–Kier alpha value is -1.38. The minimum Gasteiger partial charge on any atom is -0.246 e. The maximum Gasteiger partial charge on any atom is 0.0866 e. The van der Waals surface area contributed by atoms with Gasteiger partial charge in [0.05, 0.1) is 16.2 Å². The van der Waals surface area contributed by atoms with Gasteiger partial charge in [0.25, 0.3) is 0 Å². The number of aromatic nitrogens is 1. The van der Waals surface area contributed by atoms with Gasteiger partial charge in [0.1, 0.15) is 0 Å². The lowest BCUT2D eigenvalue weighted by Crippen LogP contribution is -1.93. The molecule has 3 rings (SSSR count). The molecule has 0 aliphatic heterocycles. The van der Waals surface area contributed by atoms with Crippen LogP contribution in [-0.4, -0.2) is 4.98 Å². The molecule has 1 nitrogen and oxygen atoms in total. The Morgan fingerprint density at radius 1 is 1.05 bits per heavy atom. The minimum atomic E-state index is 0.776. The minimum absolute atomic E-state index is 0.776. The van der Waals surface area contributed by atoms with Gasteiger partial charge in [0.2, 0.25) is 0 Å². The molecular weight excluding hydrogens is 334 g/mol. The van der Waals surface area contributed by atoms with Gasteiger partial charge in [0.15, 0.2) is 0 Å². The van der Waals surface area contributed by atoms with Crippen LogP contribution in [0.25, 0.3) is 22.2 Å². The van der Waals surface area contributed by atoms with E-state index >= 15 is 0 Å². The quantitative estimate of drug-likeness (QED) is 0.532. The Morgan fingerprint density at radius 3 is 2.45 bits per heavy atom. The van der Waals surface area contributed by atoms with Crippen LogP contribution < -0.4 is 0 Å². The molecule has 0 atom stereocenters. The number of nitrogens with zero attached hydrogens (tertiary/aromatic N) is 1. The number of hydrogen-bond donors (Lipinski definition) is 0. The number of aryl methyl sites for hydroxylation is 1. The van der Waals surface area contributed by atoms with Gasteiger partial charge in [-0.2, -0.15) is 0 Å². The third-order valence-corrected chi connectivity index (χ3v) is 4.49. The van der Waals surface area contributed by atoms with Crippen molar-refractivity contribution in [2.24, 2.45) is 0 Å². The summed E-state index contributed by atoms with van der Waals surface area (Å²) in [5.41, 5.74) is 5.11. The van der Waals surface area contributed by atoms with Crippen LogP contribution in [-0.2, 0) is 0 Å². The Morgan fingerprint density at radius 2 is 1.75 bits per heavy atom. The van der Waals surface area contributed by atoms with E-state index in [2.05, 4.69) is 47.1 Å². The van der Waals surface area contributed by atoms with Crippen molar-refractivity contribution in [3.05, 3.63) is 63.1 Å². The molecule has 0 unspecified atom stereocenters. The summed E-state index contributed by atoms with van der Waals surface area (Å²) in [6.45, 7) is 4.08. The fraction of sp³-hybridized carbons (Fsp3) is 0.118. The highest BCUT2D eigenvalue weighted by Gasteiger charge is 2.13. The van der Waals surface area contributed by atoms with Gasteiger partial charge in [-0.1, -0.05) is 41.9 Å². The van der Waals surface area contributed by atoms with Gasteiger partial charge in [-0.3, -0.25) is 0 Å². The topological polar surface area (TPSA) is 12.9 Å². The Kier molecular flexibility index (Phi) is 3.53. The molecule has 0 spiro atoms. The summed E-state index contributed by atoms with van der Waals surface area (Å²) >= 11 is 10.2. The first kappa shape index (κ1) is 13.6. The van der Waals surface area contributed by atoms with Crippen LogP contribution in [0.2, 0.25) is 5.02 Å². The summed E-state index contributed by atoms with van der Waals surface area (Å²) < 4.78 is 0.978. The maximum absolute atomic E-state index is 6.56. The zero-order chi connectivity index (χ0) is 14.3. The molecule has 0 aliphatic carbocycles. The summed E-state index contributed by atoms with van der Waals surface area (Å²) in [5.74, 6) is 0. The molecule has 1 aromatic heterocycles. The molecule has 0 aliphatic rings. The number of hydrogen-bond acceptors (Lipinski definition) is 1. The second kappa shape index (κ2) is 5.19. The van der Waals surface area contributed by atoms with E-state index in [1.807, 2.05) is 25.1 Å². The third-order valence-electron chi connectivity index (χ3n) is 3.40. The molecule has 1 heterocycles. The first-order valence-corrected chi connectivity index (χ1v) is 7.56. The van der Waals surface area contributed by atoms with Crippen molar-refractivity contribution >= 4 is 38.4 Å². The number of halogens is 2. The summed E-state index contributed by atoms with van der Waals surface area (Å²) in [6, 6.07) is 14.3. The van der Waals surface area contributed by atoms with Crippen molar-refractivity contribution in [2.45, 2.75) is 13.8 Å². The van der Waals surface area contributed by atoms with E-state index in [0.29, 0.717) is 0 Å². The molecule has 20 heavy (non-hydrogen) atoms. The summed E-state index contributed by atoms with van der Waals surface area (Å²) in [7, 11) is 0. The average molecular weight is 347 g/mol. The van der Waals surface area contributed by atoms with Crippen LogP contribution in [0.1, 0.15) is 11.1 Å². The number of rotatable bonds is 1. The lowest BCUT2D eigenvalue weighted by molar-refractivity contribution is 1.31. The first-order chi connectivity index (χ1) is 9.58. The van der Waals surface area contributed by atoms with Crippen molar-refractivity contribution in [2.75, 3.05) is 0 Å². The van der Waals surface area contributed by atoms with Gasteiger partial charge in [0, 0.05) is 15.4 Å². The first-order valence-electron chi connectivity index (χ1n) is 6.39. The number of pyridine rings is 1. The molecule has 0 saturated carbocycles. The molecule has 3 aromatic rings. The lowest BCUT2D eigenvalue weighted by Gasteiger charge is -2.12. The second-order valence-electron chi connectivity index (χ2n) is 4.91. The van der Waals surface area contributed by atoms with E-state index in [9.17, 15) is 0 Å². The van der Waals surface area contributed by atoms with Crippen LogP contribution in [0.4, 0.5) is 0 Å². The summed E-state index contributed by atoms with van der Waals surface area (Å²) in [6.07, 6.45) is 0. The lowest BCUT2D eigenvalue weighted by atomic mass is 10.0. The highest BCUT2D eigenvalue weighted by atomic mass is 79.9. The Balaban J connectivity index is 2.39. The molecule has 100 valence electrons. The van der Waals surface area contributed by atoms with Crippen LogP contribution in [0.15, 0.2) is 46.9 Å². The van der Waals surface area contributed by atoms with E-state index in [4.69, 9.17) is 16.6 Å². The van der Waals surface area contributed by atoms with Crippen LogP contribution in [0.5, 0.6) is 0 Å². The highest BCUT2D eigenvalue weighted by molar-refractivity contribution is 9.10. The van der Waals surface area contributed by atoms with Crippen molar-refractivity contribution in [3.8, 4) is 11.3 Å². The average Bonchev–Trinajstić information content (AvgIpc) is 2.44. The SMILES string of the molecule is Cc1cc(Br)c2nc(-c3ccccc3)c(C)c(Cl)c2c1. The van der Waals surface area contributed by atoms with Crippen molar-refractivity contribution in [1.82, 2.24) is 4.98 Å². The van der Waals surface area contributed by atoms with Gasteiger partial charge >= 0.3 is 0 Å². The van der Waals surface area contributed by atoms with Gasteiger partial charge < -0.3 is 0 Å². The predicted molar refractivity (Wildman–Crippen MR) is 89.4 cm³/mol. The molecule has 0 N–H and O–H groups in total. The Labute approximate surface area is 131 Å². The monoisotopic (exact) mass is 345 g/mol. The van der Waals surface area contributed by atoms with E-state index in [-0.39, 0.29) is 0 Å². The fourth-order valence-electron chi connectivity index (χ4n) is 2.39. The normalized spacial score (nSPS) is 11.0.